The molecule has 0 atom stereocenters. The third kappa shape index (κ3) is 3.59. The van der Waals surface area contributed by atoms with Crippen molar-refractivity contribution < 1.29 is 23.1 Å². The third-order valence-corrected chi connectivity index (χ3v) is 5.86. The number of hydrogen-bond donors (Lipinski definition) is 3. The van der Waals surface area contributed by atoms with Crippen LogP contribution in [-0.4, -0.2) is 37.5 Å². The first kappa shape index (κ1) is 18.4. The predicted molar refractivity (Wildman–Crippen MR) is 88.3 cm³/mol. The lowest BCUT2D eigenvalue weighted by Gasteiger charge is -2.25. The van der Waals surface area contributed by atoms with Gasteiger partial charge in [0.15, 0.2) is 0 Å². The van der Waals surface area contributed by atoms with Gasteiger partial charge in [0.2, 0.25) is 10.0 Å². The number of rotatable bonds is 6. The van der Waals surface area contributed by atoms with E-state index in [0.29, 0.717) is 18.4 Å². The molecule has 7 nitrogen and oxygen atoms in total. The van der Waals surface area contributed by atoms with Crippen LogP contribution in [0.4, 0.5) is 0 Å². The lowest BCUT2D eigenvalue weighted by atomic mass is 9.96. The number of amides is 1. The second-order valence-electron chi connectivity index (χ2n) is 6.03. The van der Waals surface area contributed by atoms with Crippen LogP contribution in [0.1, 0.15) is 48.5 Å². The molecule has 0 unspecified atom stereocenters. The number of carbonyl (C=O) groups excluding carboxylic acids is 1. The second kappa shape index (κ2) is 6.90. The van der Waals surface area contributed by atoms with Gasteiger partial charge in [-0.15, -0.1) is 0 Å². The van der Waals surface area contributed by atoms with Gasteiger partial charge in [0.1, 0.15) is 5.54 Å². The number of aryl methyl sites for hydroxylation is 1. The van der Waals surface area contributed by atoms with E-state index in [-0.39, 0.29) is 17.0 Å². The zero-order valence-corrected chi connectivity index (χ0v) is 14.6. The molecule has 0 heterocycles. The fraction of sp³-hybridized carbons (Fsp3) is 0.500. The third-order valence-electron chi connectivity index (χ3n) is 4.32. The summed E-state index contributed by atoms with van der Waals surface area (Å²) < 4.78 is 26.6. The summed E-state index contributed by atoms with van der Waals surface area (Å²) >= 11 is 0. The largest absolute Gasteiger partial charge is 0.480 e. The van der Waals surface area contributed by atoms with Gasteiger partial charge in [-0.05, 0) is 37.5 Å². The Labute approximate surface area is 141 Å². The average Bonchev–Trinajstić information content (AvgIpc) is 2.97. The summed E-state index contributed by atoms with van der Waals surface area (Å²) in [5, 5.41) is 12.1. The van der Waals surface area contributed by atoms with Crippen molar-refractivity contribution >= 4 is 21.9 Å². The number of carbonyl (C=O) groups is 2. The van der Waals surface area contributed by atoms with E-state index in [1.165, 1.54) is 12.1 Å². The SMILES string of the molecule is CCNS(=O)(=O)c1ccc(C)c(C(=O)NC2(C(=O)O)CCCC2)c1. The van der Waals surface area contributed by atoms with Crippen LogP contribution in [0.2, 0.25) is 0 Å². The molecule has 0 aliphatic heterocycles. The number of hydrogen-bond acceptors (Lipinski definition) is 4. The summed E-state index contributed by atoms with van der Waals surface area (Å²) in [4.78, 5) is 24.1. The Kier molecular flexibility index (Phi) is 5.29. The minimum Gasteiger partial charge on any atom is -0.480 e. The molecule has 0 saturated heterocycles. The number of nitrogens with one attached hydrogen (secondary N) is 2. The topological polar surface area (TPSA) is 113 Å². The van der Waals surface area contributed by atoms with E-state index in [0.717, 1.165) is 12.8 Å². The van der Waals surface area contributed by atoms with Crippen LogP contribution < -0.4 is 10.0 Å². The summed E-state index contributed by atoms with van der Waals surface area (Å²) in [5.41, 5.74) is -0.511. The Morgan fingerprint density at radius 1 is 1.25 bits per heavy atom. The van der Waals surface area contributed by atoms with Gasteiger partial charge in [-0.2, -0.15) is 0 Å². The van der Waals surface area contributed by atoms with Gasteiger partial charge in [-0.25, -0.2) is 17.9 Å². The molecule has 1 fully saturated rings. The zero-order valence-electron chi connectivity index (χ0n) is 13.8. The van der Waals surface area contributed by atoms with Gasteiger partial charge < -0.3 is 10.4 Å². The Morgan fingerprint density at radius 3 is 2.42 bits per heavy atom. The summed E-state index contributed by atoms with van der Waals surface area (Å²) in [5.74, 6) is -1.62. The van der Waals surface area contributed by atoms with Crippen molar-refractivity contribution in [3.63, 3.8) is 0 Å². The summed E-state index contributed by atoms with van der Waals surface area (Å²) in [6.45, 7) is 3.58. The smallest absolute Gasteiger partial charge is 0.329 e. The number of sulfonamides is 1. The number of carboxylic acid groups (broad SMARTS) is 1. The van der Waals surface area contributed by atoms with Crippen LogP contribution in [0.5, 0.6) is 0 Å². The standard InChI is InChI=1S/C16H22N2O5S/c1-3-17-24(22,23)12-7-6-11(2)13(10-12)14(19)18-16(15(20)21)8-4-5-9-16/h6-7,10,17H,3-5,8-9H2,1-2H3,(H,18,19)(H,20,21). The molecule has 0 radical (unpaired) electrons. The summed E-state index contributed by atoms with van der Waals surface area (Å²) in [7, 11) is -3.69. The zero-order chi connectivity index (χ0) is 18.0. The molecule has 0 bridgehead atoms. The lowest BCUT2D eigenvalue weighted by molar-refractivity contribution is -0.144. The maximum Gasteiger partial charge on any atom is 0.329 e. The minimum atomic E-state index is -3.69. The quantitative estimate of drug-likeness (QED) is 0.715. The van der Waals surface area contributed by atoms with Crippen LogP contribution in [0.15, 0.2) is 23.1 Å². The molecule has 1 aromatic rings. The molecule has 0 aromatic heterocycles. The van der Waals surface area contributed by atoms with Crippen molar-refractivity contribution in [2.24, 2.45) is 0 Å². The highest BCUT2D eigenvalue weighted by atomic mass is 32.2. The van der Waals surface area contributed by atoms with Gasteiger partial charge in [0.25, 0.3) is 5.91 Å². The van der Waals surface area contributed by atoms with Crippen LogP contribution in [0, 0.1) is 6.92 Å². The maximum atomic E-state index is 12.6. The molecule has 1 aliphatic rings. The Hall–Kier alpha value is -1.93. The van der Waals surface area contributed by atoms with Crippen molar-refractivity contribution in [2.75, 3.05) is 6.54 Å². The van der Waals surface area contributed by atoms with Crippen LogP contribution in [0.3, 0.4) is 0 Å². The van der Waals surface area contributed by atoms with Gasteiger partial charge >= 0.3 is 5.97 Å². The highest BCUT2D eigenvalue weighted by Gasteiger charge is 2.42. The van der Waals surface area contributed by atoms with Crippen molar-refractivity contribution in [2.45, 2.75) is 50.0 Å². The van der Waals surface area contributed by atoms with Gasteiger partial charge in [0.05, 0.1) is 4.90 Å². The normalized spacial score (nSPS) is 16.8. The number of aliphatic carboxylic acids is 1. The Morgan fingerprint density at radius 2 is 1.88 bits per heavy atom. The second-order valence-corrected chi connectivity index (χ2v) is 7.79. The first-order valence-electron chi connectivity index (χ1n) is 7.88. The number of carboxylic acids is 1. The van der Waals surface area contributed by atoms with Crippen molar-refractivity contribution in [3.8, 4) is 0 Å². The molecule has 1 aromatic carbocycles. The monoisotopic (exact) mass is 354 g/mol. The molecule has 8 heteroatoms. The van der Waals surface area contributed by atoms with Crippen LogP contribution >= 0.6 is 0 Å². The van der Waals surface area contributed by atoms with Gasteiger partial charge in [-0.3, -0.25) is 4.79 Å². The highest BCUT2D eigenvalue weighted by molar-refractivity contribution is 7.89. The summed E-state index contributed by atoms with van der Waals surface area (Å²) in [6.07, 6.45) is 2.23. The van der Waals surface area contributed by atoms with Crippen LogP contribution in [0.25, 0.3) is 0 Å². The molecular formula is C16H22N2O5S. The Balaban J connectivity index is 2.34. The molecule has 3 N–H and O–H groups in total. The maximum absolute atomic E-state index is 12.6. The molecule has 1 aliphatic carbocycles. The van der Waals surface area contributed by atoms with E-state index in [2.05, 4.69) is 10.0 Å². The molecular weight excluding hydrogens is 332 g/mol. The first-order valence-corrected chi connectivity index (χ1v) is 9.36. The summed E-state index contributed by atoms with van der Waals surface area (Å²) in [6, 6.07) is 4.25. The molecule has 24 heavy (non-hydrogen) atoms. The molecule has 0 spiro atoms. The fourth-order valence-corrected chi connectivity index (χ4v) is 4.01. The minimum absolute atomic E-state index is 0.0177. The predicted octanol–water partition coefficient (Wildman–Crippen LogP) is 1.42. The van der Waals surface area contributed by atoms with E-state index in [4.69, 9.17) is 0 Å². The number of benzene rings is 1. The van der Waals surface area contributed by atoms with Crippen molar-refractivity contribution in [1.29, 1.82) is 0 Å². The molecule has 2 rings (SSSR count). The molecule has 1 amide bonds. The molecule has 132 valence electrons. The van der Waals surface area contributed by atoms with E-state index >= 15 is 0 Å². The van der Waals surface area contributed by atoms with E-state index in [9.17, 15) is 23.1 Å². The lowest BCUT2D eigenvalue weighted by Crippen LogP contribution is -2.52. The van der Waals surface area contributed by atoms with Gasteiger partial charge in [0, 0.05) is 12.1 Å². The van der Waals surface area contributed by atoms with Crippen molar-refractivity contribution in [3.05, 3.63) is 29.3 Å². The Bertz CT molecular complexity index is 752. The highest BCUT2D eigenvalue weighted by Crippen LogP contribution is 2.30. The van der Waals surface area contributed by atoms with Gasteiger partial charge in [-0.1, -0.05) is 25.8 Å². The fourth-order valence-electron chi connectivity index (χ4n) is 2.94. The van der Waals surface area contributed by atoms with E-state index < -0.39 is 27.4 Å². The molecule has 1 saturated carbocycles. The van der Waals surface area contributed by atoms with E-state index in [1.54, 1.807) is 19.9 Å². The average molecular weight is 354 g/mol. The first-order chi connectivity index (χ1) is 11.2. The van der Waals surface area contributed by atoms with Crippen LogP contribution in [-0.2, 0) is 14.8 Å². The van der Waals surface area contributed by atoms with E-state index in [1.807, 2.05) is 0 Å². The van der Waals surface area contributed by atoms with Crippen molar-refractivity contribution in [1.82, 2.24) is 10.0 Å².